The quantitative estimate of drug-likeness (QED) is 0.360. The molecule has 3 aromatic heterocycles. The van der Waals surface area contributed by atoms with E-state index < -0.39 is 0 Å². The Morgan fingerprint density at radius 2 is 1.77 bits per heavy atom. The van der Waals surface area contributed by atoms with Gasteiger partial charge >= 0.3 is 0 Å². The Kier molecular flexibility index (Phi) is 7.18. The molecule has 0 unspecified atom stereocenters. The molecule has 0 spiro atoms. The van der Waals surface area contributed by atoms with E-state index in [4.69, 9.17) is 16.6 Å². The average molecular weight is 540 g/mol. The number of halogens is 1. The Labute approximate surface area is 232 Å². The summed E-state index contributed by atoms with van der Waals surface area (Å²) < 4.78 is 1.84. The number of anilines is 3. The van der Waals surface area contributed by atoms with Crippen molar-refractivity contribution in [3.63, 3.8) is 0 Å². The zero-order chi connectivity index (χ0) is 26.8. The number of piperazine rings is 1. The standard InChI is InChI=1S/C30H30ClN7O/c1-20-25(12-8-21-6-9-22(31)10-7-21)29(39)38(23-4-2-3-5-23)28-26(20)19-34-30(36-28)35-27-13-11-24(18-33-27)37-16-14-32-15-17-37/h6-7,9-11,13,18-19,23,32H,2-5,14-17H2,1H3,(H,33,34,35,36). The molecule has 1 aliphatic carbocycles. The minimum Gasteiger partial charge on any atom is -0.368 e. The van der Waals surface area contributed by atoms with Gasteiger partial charge in [-0.05, 0) is 61.7 Å². The Bertz CT molecular complexity index is 1610. The van der Waals surface area contributed by atoms with Crippen molar-refractivity contribution in [2.24, 2.45) is 0 Å². The molecule has 9 heteroatoms. The van der Waals surface area contributed by atoms with Crippen LogP contribution in [-0.2, 0) is 0 Å². The first-order chi connectivity index (χ1) is 19.1. The lowest BCUT2D eigenvalue weighted by molar-refractivity contribution is 0.515. The van der Waals surface area contributed by atoms with E-state index in [1.165, 1.54) is 0 Å². The Morgan fingerprint density at radius 3 is 2.49 bits per heavy atom. The minimum absolute atomic E-state index is 0.0934. The maximum atomic E-state index is 13.9. The Balaban J connectivity index is 1.36. The van der Waals surface area contributed by atoms with Gasteiger partial charge in [0.1, 0.15) is 11.5 Å². The number of fused-ring (bicyclic) bond motifs is 1. The number of aromatic nitrogens is 4. The maximum Gasteiger partial charge on any atom is 0.268 e. The highest BCUT2D eigenvalue weighted by molar-refractivity contribution is 6.30. The van der Waals surface area contributed by atoms with Crippen molar-refractivity contribution in [3.05, 3.63) is 80.9 Å². The molecule has 1 aromatic carbocycles. The van der Waals surface area contributed by atoms with Crippen molar-refractivity contribution < 1.29 is 0 Å². The van der Waals surface area contributed by atoms with E-state index in [2.05, 4.69) is 43.4 Å². The fraction of sp³-hybridized carbons (Fsp3) is 0.333. The normalized spacial score (nSPS) is 15.8. The first-order valence-electron chi connectivity index (χ1n) is 13.4. The van der Waals surface area contributed by atoms with E-state index in [9.17, 15) is 4.79 Å². The number of nitrogens with one attached hydrogen (secondary N) is 2. The van der Waals surface area contributed by atoms with E-state index in [-0.39, 0.29) is 11.6 Å². The third kappa shape index (κ3) is 5.33. The van der Waals surface area contributed by atoms with Gasteiger partial charge in [0, 0.05) is 54.4 Å². The molecule has 39 heavy (non-hydrogen) atoms. The summed E-state index contributed by atoms with van der Waals surface area (Å²) in [5, 5.41) is 8.08. The Hall–Kier alpha value is -3.93. The zero-order valence-electron chi connectivity index (χ0n) is 21.9. The molecule has 198 valence electrons. The van der Waals surface area contributed by atoms with Crippen LogP contribution in [0.25, 0.3) is 11.0 Å². The zero-order valence-corrected chi connectivity index (χ0v) is 22.6. The molecule has 8 nitrogen and oxygen atoms in total. The van der Waals surface area contributed by atoms with Crippen LogP contribution in [0.1, 0.15) is 48.4 Å². The lowest BCUT2D eigenvalue weighted by Crippen LogP contribution is -2.43. The number of benzene rings is 1. The Morgan fingerprint density at radius 1 is 1.00 bits per heavy atom. The molecular formula is C30H30ClN7O. The largest absolute Gasteiger partial charge is 0.368 e. The van der Waals surface area contributed by atoms with E-state index in [0.717, 1.165) is 74.1 Å². The van der Waals surface area contributed by atoms with Crippen molar-refractivity contribution in [3.8, 4) is 11.8 Å². The monoisotopic (exact) mass is 539 g/mol. The topological polar surface area (TPSA) is 88.0 Å². The molecule has 2 aliphatic rings. The highest BCUT2D eigenvalue weighted by Gasteiger charge is 2.24. The van der Waals surface area contributed by atoms with E-state index >= 15 is 0 Å². The summed E-state index contributed by atoms with van der Waals surface area (Å²) in [5.74, 6) is 7.35. The van der Waals surface area contributed by atoms with Gasteiger partial charge in [0.2, 0.25) is 5.95 Å². The van der Waals surface area contributed by atoms with Gasteiger partial charge in [0.25, 0.3) is 5.56 Å². The molecule has 0 radical (unpaired) electrons. The number of nitrogens with zero attached hydrogens (tertiary/aromatic N) is 5. The predicted octanol–water partition coefficient (Wildman–Crippen LogP) is 4.82. The van der Waals surface area contributed by atoms with Crippen LogP contribution in [0.5, 0.6) is 0 Å². The third-order valence-corrected chi connectivity index (χ3v) is 7.80. The molecule has 0 atom stereocenters. The van der Waals surface area contributed by atoms with Crippen LogP contribution in [0, 0.1) is 18.8 Å². The molecule has 4 heterocycles. The highest BCUT2D eigenvalue weighted by Crippen LogP contribution is 2.32. The molecule has 2 fully saturated rings. The smallest absolute Gasteiger partial charge is 0.268 e. The SMILES string of the molecule is Cc1c(C#Cc2ccc(Cl)cc2)c(=O)n(C2CCCC2)c2nc(Nc3ccc(N4CCNCC4)cn3)ncc12. The van der Waals surface area contributed by atoms with Crippen molar-refractivity contribution in [1.82, 2.24) is 24.8 Å². The summed E-state index contributed by atoms with van der Waals surface area (Å²) in [4.78, 5) is 30.2. The first kappa shape index (κ1) is 25.4. The van der Waals surface area contributed by atoms with Crippen molar-refractivity contribution in [2.75, 3.05) is 36.4 Å². The van der Waals surface area contributed by atoms with Gasteiger partial charge in [-0.3, -0.25) is 9.36 Å². The average Bonchev–Trinajstić information content (AvgIpc) is 3.49. The summed E-state index contributed by atoms with van der Waals surface area (Å²) in [6, 6.07) is 11.4. The van der Waals surface area contributed by atoms with Gasteiger partial charge < -0.3 is 15.5 Å². The third-order valence-electron chi connectivity index (χ3n) is 7.54. The lowest BCUT2D eigenvalue weighted by atomic mass is 10.1. The van der Waals surface area contributed by atoms with E-state index in [1.54, 1.807) is 18.3 Å². The number of rotatable bonds is 4. The van der Waals surface area contributed by atoms with Crippen LogP contribution < -0.4 is 21.1 Å². The molecule has 6 rings (SSSR count). The molecular weight excluding hydrogens is 510 g/mol. The number of pyridine rings is 2. The molecule has 2 N–H and O–H groups in total. The van der Waals surface area contributed by atoms with E-state index in [0.29, 0.717) is 28.0 Å². The van der Waals surface area contributed by atoms with E-state index in [1.807, 2.05) is 35.9 Å². The number of hydrogen-bond acceptors (Lipinski definition) is 7. The van der Waals surface area contributed by atoms with Crippen LogP contribution >= 0.6 is 11.6 Å². The van der Waals surface area contributed by atoms with Crippen LogP contribution in [0.2, 0.25) is 5.02 Å². The van der Waals surface area contributed by atoms with Crippen molar-refractivity contribution in [1.29, 1.82) is 0 Å². The van der Waals surface area contributed by atoms with Crippen LogP contribution in [0.15, 0.2) is 53.6 Å². The number of hydrogen-bond donors (Lipinski definition) is 2. The van der Waals surface area contributed by atoms with Crippen LogP contribution in [0.4, 0.5) is 17.5 Å². The molecule has 0 amide bonds. The van der Waals surface area contributed by atoms with Crippen molar-refractivity contribution >= 4 is 40.1 Å². The van der Waals surface area contributed by atoms with Gasteiger partial charge in [0.05, 0.1) is 17.4 Å². The molecule has 1 saturated carbocycles. The van der Waals surface area contributed by atoms with Crippen LogP contribution in [0.3, 0.4) is 0 Å². The highest BCUT2D eigenvalue weighted by atomic mass is 35.5. The van der Waals surface area contributed by atoms with Gasteiger partial charge in [-0.1, -0.05) is 36.3 Å². The fourth-order valence-electron chi connectivity index (χ4n) is 5.39. The summed E-state index contributed by atoms with van der Waals surface area (Å²) in [6.45, 7) is 5.79. The van der Waals surface area contributed by atoms with Crippen LogP contribution in [-0.4, -0.2) is 45.7 Å². The van der Waals surface area contributed by atoms with Gasteiger partial charge in [-0.25, -0.2) is 9.97 Å². The van der Waals surface area contributed by atoms with Gasteiger partial charge in [-0.15, -0.1) is 0 Å². The summed E-state index contributed by atoms with van der Waals surface area (Å²) in [7, 11) is 0. The molecule has 0 bridgehead atoms. The summed E-state index contributed by atoms with van der Waals surface area (Å²) in [6.07, 6.45) is 7.75. The lowest BCUT2D eigenvalue weighted by Gasteiger charge is -2.29. The minimum atomic E-state index is -0.100. The van der Waals surface area contributed by atoms with Gasteiger partial charge in [-0.2, -0.15) is 4.98 Å². The summed E-state index contributed by atoms with van der Waals surface area (Å²) in [5.41, 5.74) is 3.71. The second-order valence-electron chi connectivity index (χ2n) is 10.1. The summed E-state index contributed by atoms with van der Waals surface area (Å²) >= 11 is 6.01. The molecule has 1 aliphatic heterocycles. The second kappa shape index (κ2) is 11.0. The molecule has 1 saturated heterocycles. The molecule has 4 aromatic rings. The second-order valence-corrected chi connectivity index (χ2v) is 10.5. The number of aryl methyl sites for hydroxylation is 1. The predicted molar refractivity (Wildman–Crippen MR) is 156 cm³/mol. The fourth-order valence-corrected chi connectivity index (χ4v) is 5.52. The van der Waals surface area contributed by atoms with Gasteiger partial charge in [0.15, 0.2) is 0 Å². The van der Waals surface area contributed by atoms with Crippen molar-refractivity contribution in [2.45, 2.75) is 38.6 Å². The first-order valence-corrected chi connectivity index (χ1v) is 13.8. The maximum absolute atomic E-state index is 13.9.